The van der Waals surface area contributed by atoms with Gasteiger partial charge in [-0.25, -0.2) is 9.13 Å². The minimum Gasteiger partial charge on any atom is -0.462 e. The van der Waals surface area contributed by atoms with Crippen LogP contribution in [0.1, 0.15) is 381 Å². The summed E-state index contributed by atoms with van der Waals surface area (Å²) in [6.07, 6.45) is 54.4. The molecule has 0 saturated heterocycles. The van der Waals surface area contributed by atoms with Gasteiger partial charge in [-0.05, 0) is 31.6 Å². The van der Waals surface area contributed by atoms with E-state index in [0.717, 1.165) is 95.8 Å². The second-order valence-corrected chi connectivity index (χ2v) is 29.7. The molecule has 0 aromatic carbocycles. The number of esters is 4. The third-order valence-corrected chi connectivity index (χ3v) is 18.9. The lowest BCUT2D eigenvalue weighted by atomic mass is 10.0. The molecule has 0 saturated carbocycles. The fraction of sp³-hybridized carbons (Fsp3) is 0.945. The number of phosphoric acid groups is 2. The zero-order chi connectivity index (χ0) is 67.7. The van der Waals surface area contributed by atoms with Crippen molar-refractivity contribution in [3.63, 3.8) is 0 Å². The summed E-state index contributed by atoms with van der Waals surface area (Å²) in [4.78, 5) is 72.5. The van der Waals surface area contributed by atoms with Crippen molar-refractivity contribution >= 4 is 39.5 Å². The first-order chi connectivity index (χ1) is 44.5. The summed E-state index contributed by atoms with van der Waals surface area (Å²) in [7, 11) is -9.90. The summed E-state index contributed by atoms with van der Waals surface area (Å²) in [5, 5.41) is 10.6. The normalized spacial score (nSPS) is 14.0. The van der Waals surface area contributed by atoms with Gasteiger partial charge in [0.2, 0.25) is 0 Å². The Morgan fingerprint density at radius 1 is 0.293 bits per heavy atom. The SMILES string of the molecule is CCCCCCCCCCCCCCCCCCCCCCCCC(=O)O[C@H](COC(=O)CCCCCCCCCCCC(C)C)COP(=O)(O)OC[C@@H](O)COP(=O)(O)OC[C@@H](COC(=O)CCCCCCCCCCC)OC(=O)CCCCCCCCCCC. The molecule has 0 bridgehead atoms. The van der Waals surface area contributed by atoms with Gasteiger partial charge in [-0.2, -0.15) is 0 Å². The van der Waals surface area contributed by atoms with Crippen molar-refractivity contribution in [2.75, 3.05) is 39.6 Å². The Hall–Kier alpha value is -1.94. The molecule has 546 valence electrons. The Labute approximate surface area is 562 Å². The van der Waals surface area contributed by atoms with E-state index in [-0.39, 0.29) is 25.7 Å². The first kappa shape index (κ1) is 90.1. The monoisotopic (exact) mass is 1350 g/mol. The van der Waals surface area contributed by atoms with Crippen molar-refractivity contribution in [2.24, 2.45) is 5.92 Å². The van der Waals surface area contributed by atoms with Crippen LogP contribution in [-0.2, 0) is 65.4 Å². The minimum absolute atomic E-state index is 0.106. The molecule has 0 aliphatic rings. The molecule has 0 aromatic rings. The van der Waals surface area contributed by atoms with Crippen molar-refractivity contribution in [1.82, 2.24) is 0 Å². The van der Waals surface area contributed by atoms with Gasteiger partial charge in [-0.3, -0.25) is 37.3 Å². The minimum atomic E-state index is -4.95. The zero-order valence-electron chi connectivity index (χ0n) is 59.7. The van der Waals surface area contributed by atoms with E-state index in [1.807, 2.05) is 0 Å². The van der Waals surface area contributed by atoms with Gasteiger partial charge < -0.3 is 33.8 Å². The predicted molar refractivity (Wildman–Crippen MR) is 372 cm³/mol. The van der Waals surface area contributed by atoms with Crippen LogP contribution in [0.3, 0.4) is 0 Å². The number of hydrogen-bond acceptors (Lipinski definition) is 15. The van der Waals surface area contributed by atoms with Crippen LogP contribution in [0.15, 0.2) is 0 Å². The maximum absolute atomic E-state index is 13.0. The number of carbonyl (C=O) groups excluding carboxylic acids is 4. The first-order valence-electron chi connectivity index (χ1n) is 38.1. The molecule has 0 fully saturated rings. The Morgan fingerprint density at radius 2 is 0.500 bits per heavy atom. The number of aliphatic hydroxyl groups excluding tert-OH is 1. The van der Waals surface area contributed by atoms with Gasteiger partial charge in [0.25, 0.3) is 0 Å². The van der Waals surface area contributed by atoms with Crippen molar-refractivity contribution in [3.8, 4) is 0 Å². The molecular weight excluding hydrogens is 1210 g/mol. The number of phosphoric ester groups is 2. The lowest BCUT2D eigenvalue weighted by Crippen LogP contribution is -2.30. The molecule has 0 spiro atoms. The largest absolute Gasteiger partial charge is 0.472 e. The van der Waals surface area contributed by atoms with Gasteiger partial charge in [0.1, 0.15) is 19.3 Å². The van der Waals surface area contributed by atoms with Crippen LogP contribution in [0.2, 0.25) is 0 Å². The van der Waals surface area contributed by atoms with Crippen molar-refractivity contribution in [2.45, 2.75) is 400 Å². The van der Waals surface area contributed by atoms with Crippen molar-refractivity contribution in [1.29, 1.82) is 0 Å². The van der Waals surface area contributed by atoms with E-state index >= 15 is 0 Å². The standard InChI is InChI=1S/C73H142O17P2/c1-6-9-12-15-18-21-22-23-24-25-26-27-28-29-30-31-32-33-38-44-49-54-59-73(78)90-69(63-84-71(76)57-52-47-42-39-34-37-40-45-50-55-66(4)5)65-88-92(81,82)86-61-67(74)60-85-91(79,80)87-64-68(89-72(77)58-53-48-43-36-20-17-14-11-8-3)62-83-70(75)56-51-46-41-35-19-16-13-10-7-2/h66-69,74H,6-65H2,1-5H3,(H,79,80)(H,81,82)/t67-,68+,69+/m0/s1. The second kappa shape index (κ2) is 66.3. The van der Waals surface area contributed by atoms with Gasteiger partial charge in [0, 0.05) is 25.7 Å². The highest BCUT2D eigenvalue weighted by atomic mass is 31.2. The molecule has 0 aliphatic heterocycles. The number of carbonyl (C=O) groups is 4. The number of hydrogen-bond donors (Lipinski definition) is 3. The summed E-state index contributed by atoms with van der Waals surface area (Å²) in [5.41, 5.74) is 0. The molecule has 0 aliphatic carbocycles. The fourth-order valence-electron chi connectivity index (χ4n) is 11.2. The van der Waals surface area contributed by atoms with Crippen LogP contribution in [0.25, 0.3) is 0 Å². The molecule has 0 radical (unpaired) electrons. The van der Waals surface area contributed by atoms with Gasteiger partial charge in [0.05, 0.1) is 26.4 Å². The van der Waals surface area contributed by atoms with E-state index < -0.39 is 97.5 Å². The van der Waals surface area contributed by atoms with E-state index in [2.05, 4.69) is 34.6 Å². The van der Waals surface area contributed by atoms with E-state index in [1.165, 1.54) is 205 Å². The van der Waals surface area contributed by atoms with E-state index in [1.54, 1.807) is 0 Å². The highest BCUT2D eigenvalue weighted by Gasteiger charge is 2.30. The summed E-state index contributed by atoms with van der Waals surface area (Å²) in [6.45, 7) is 7.21. The fourth-order valence-corrected chi connectivity index (χ4v) is 12.8. The highest BCUT2D eigenvalue weighted by molar-refractivity contribution is 7.47. The Bertz CT molecular complexity index is 1770. The van der Waals surface area contributed by atoms with Crippen LogP contribution in [0.5, 0.6) is 0 Å². The quantitative estimate of drug-likeness (QED) is 0.0222. The Morgan fingerprint density at radius 3 is 0.739 bits per heavy atom. The second-order valence-electron chi connectivity index (χ2n) is 26.8. The predicted octanol–water partition coefficient (Wildman–Crippen LogP) is 21.3. The molecule has 5 atom stereocenters. The molecule has 0 rings (SSSR count). The van der Waals surface area contributed by atoms with Crippen molar-refractivity contribution in [3.05, 3.63) is 0 Å². The topological polar surface area (TPSA) is 237 Å². The average Bonchev–Trinajstić information content (AvgIpc) is 3.18. The number of aliphatic hydroxyl groups is 1. The smallest absolute Gasteiger partial charge is 0.462 e. The van der Waals surface area contributed by atoms with Gasteiger partial charge in [0.15, 0.2) is 12.2 Å². The first-order valence-corrected chi connectivity index (χ1v) is 41.1. The summed E-state index contributed by atoms with van der Waals surface area (Å²) in [6, 6.07) is 0. The zero-order valence-corrected chi connectivity index (χ0v) is 61.5. The molecule has 92 heavy (non-hydrogen) atoms. The number of rotatable bonds is 73. The summed E-state index contributed by atoms with van der Waals surface area (Å²) in [5.74, 6) is -1.38. The Kier molecular flexibility index (Phi) is 64.9. The van der Waals surface area contributed by atoms with E-state index in [4.69, 9.17) is 37.0 Å². The molecule has 17 nitrogen and oxygen atoms in total. The van der Waals surface area contributed by atoms with Crippen LogP contribution < -0.4 is 0 Å². The third kappa shape index (κ3) is 66.7. The van der Waals surface area contributed by atoms with Gasteiger partial charge in [-0.1, -0.05) is 330 Å². The summed E-state index contributed by atoms with van der Waals surface area (Å²) >= 11 is 0. The summed E-state index contributed by atoms with van der Waals surface area (Å²) < 4.78 is 68.3. The lowest BCUT2D eigenvalue weighted by Gasteiger charge is -2.21. The molecule has 0 heterocycles. The van der Waals surface area contributed by atoms with Crippen LogP contribution in [-0.4, -0.2) is 96.7 Å². The van der Waals surface area contributed by atoms with Crippen LogP contribution >= 0.6 is 15.6 Å². The van der Waals surface area contributed by atoms with Crippen molar-refractivity contribution < 1.29 is 80.2 Å². The highest BCUT2D eigenvalue weighted by Crippen LogP contribution is 2.45. The molecule has 2 unspecified atom stereocenters. The van der Waals surface area contributed by atoms with E-state index in [9.17, 15) is 43.2 Å². The lowest BCUT2D eigenvalue weighted by molar-refractivity contribution is -0.161. The van der Waals surface area contributed by atoms with Gasteiger partial charge >= 0.3 is 39.5 Å². The molecule has 0 amide bonds. The van der Waals surface area contributed by atoms with Crippen LogP contribution in [0.4, 0.5) is 0 Å². The number of ether oxygens (including phenoxy) is 4. The average molecular weight is 1350 g/mol. The molecule has 3 N–H and O–H groups in total. The molecule has 0 aromatic heterocycles. The van der Waals surface area contributed by atoms with Gasteiger partial charge in [-0.15, -0.1) is 0 Å². The maximum atomic E-state index is 13.0. The third-order valence-electron chi connectivity index (χ3n) is 17.0. The molecular formula is C73H142O17P2. The van der Waals surface area contributed by atoms with E-state index in [0.29, 0.717) is 25.7 Å². The molecule has 19 heteroatoms. The number of unbranched alkanes of at least 4 members (excludes halogenated alkanes) is 45. The van der Waals surface area contributed by atoms with Crippen LogP contribution in [0, 0.1) is 5.92 Å². The Balaban J connectivity index is 5.13. The maximum Gasteiger partial charge on any atom is 0.472 e.